The van der Waals surface area contributed by atoms with E-state index in [0.717, 1.165) is 18.4 Å². The predicted molar refractivity (Wildman–Crippen MR) is 58.0 cm³/mol. The molecular formula is C11H16ClN. The Balaban J connectivity index is 0.000000845. The number of rotatable bonds is 3. The van der Waals surface area contributed by atoms with Crippen LogP contribution >= 0.6 is 12.4 Å². The second-order valence-electron chi connectivity index (χ2n) is 3.68. The molecule has 0 bridgehead atoms. The molecule has 2 rings (SSSR count). The smallest absolute Gasteiger partial charge is 0.00460 e. The van der Waals surface area contributed by atoms with Crippen molar-refractivity contribution in [1.82, 2.24) is 0 Å². The number of halogens is 1. The maximum absolute atomic E-state index is 5.58. The molecule has 1 aromatic rings. The molecule has 0 saturated heterocycles. The van der Waals surface area contributed by atoms with E-state index >= 15 is 0 Å². The van der Waals surface area contributed by atoms with E-state index in [0.29, 0.717) is 0 Å². The second-order valence-corrected chi connectivity index (χ2v) is 3.68. The number of hydrogen-bond donors (Lipinski definition) is 1. The first kappa shape index (κ1) is 10.6. The third kappa shape index (κ3) is 2.71. The van der Waals surface area contributed by atoms with Gasteiger partial charge in [0.1, 0.15) is 0 Å². The van der Waals surface area contributed by atoms with Crippen molar-refractivity contribution < 1.29 is 0 Å². The first-order chi connectivity index (χ1) is 5.90. The minimum absolute atomic E-state index is 0. The molecule has 0 spiro atoms. The van der Waals surface area contributed by atoms with Gasteiger partial charge in [0.25, 0.3) is 0 Å². The first-order valence-electron chi connectivity index (χ1n) is 4.64. The summed E-state index contributed by atoms with van der Waals surface area (Å²) in [5, 5.41) is 0. The van der Waals surface area contributed by atoms with E-state index in [4.69, 9.17) is 5.73 Å². The monoisotopic (exact) mass is 197 g/mol. The molecule has 1 nitrogen and oxygen atoms in total. The molecule has 13 heavy (non-hydrogen) atoms. The Hall–Kier alpha value is -0.530. The van der Waals surface area contributed by atoms with Crippen LogP contribution in [0.25, 0.3) is 0 Å². The zero-order valence-corrected chi connectivity index (χ0v) is 8.46. The fraction of sp³-hybridized carbons (Fsp3) is 0.455. The van der Waals surface area contributed by atoms with E-state index in [2.05, 4.69) is 30.3 Å². The van der Waals surface area contributed by atoms with Gasteiger partial charge >= 0.3 is 0 Å². The van der Waals surface area contributed by atoms with Gasteiger partial charge in [0.15, 0.2) is 0 Å². The van der Waals surface area contributed by atoms with Crippen molar-refractivity contribution in [2.24, 2.45) is 17.6 Å². The average molecular weight is 198 g/mol. The normalized spacial score (nSPS) is 25.0. The minimum atomic E-state index is 0. The summed E-state index contributed by atoms with van der Waals surface area (Å²) in [7, 11) is 0. The molecule has 0 amide bonds. The van der Waals surface area contributed by atoms with Gasteiger partial charge < -0.3 is 5.73 Å². The molecule has 2 atom stereocenters. The van der Waals surface area contributed by atoms with E-state index in [9.17, 15) is 0 Å². The van der Waals surface area contributed by atoms with Crippen molar-refractivity contribution >= 4 is 12.4 Å². The summed E-state index contributed by atoms with van der Waals surface area (Å²) in [5.74, 6) is 1.68. The molecule has 0 radical (unpaired) electrons. The molecule has 1 fully saturated rings. The highest BCUT2D eigenvalue weighted by molar-refractivity contribution is 5.85. The number of hydrogen-bond acceptors (Lipinski definition) is 1. The highest BCUT2D eigenvalue weighted by Crippen LogP contribution is 2.39. The summed E-state index contributed by atoms with van der Waals surface area (Å²) >= 11 is 0. The lowest BCUT2D eigenvalue weighted by Gasteiger charge is -1.98. The predicted octanol–water partition coefficient (Wildman–Crippen LogP) is 2.25. The Bertz CT molecular complexity index is 248. The van der Waals surface area contributed by atoms with Crippen LogP contribution in [0.15, 0.2) is 30.3 Å². The van der Waals surface area contributed by atoms with E-state index in [1.807, 2.05) is 0 Å². The zero-order chi connectivity index (χ0) is 8.39. The maximum Gasteiger partial charge on any atom is -0.00460 e. The lowest BCUT2D eigenvalue weighted by Crippen LogP contribution is -2.03. The minimum Gasteiger partial charge on any atom is -0.330 e. The lowest BCUT2D eigenvalue weighted by molar-refractivity contribution is 0.704. The third-order valence-corrected chi connectivity index (χ3v) is 2.71. The van der Waals surface area contributed by atoms with Crippen molar-refractivity contribution in [2.75, 3.05) is 6.54 Å². The molecule has 2 N–H and O–H groups in total. The van der Waals surface area contributed by atoms with Crippen LogP contribution in [0.4, 0.5) is 0 Å². The summed E-state index contributed by atoms with van der Waals surface area (Å²) in [6, 6.07) is 10.7. The summed E-state index contributed by atoms with van der Waals surface area (Å²) in [6.45, 7) is 0.873. The Morgan fingerprint density at radius 3 is 2.38 bits per heavy atom. The maximum atomic E-state index is 5.58. The molecule has 1 aromatic carbocycles. The fourth-order valence-corrected chi connectivity index (χ4v) is 1.77. The van der Waals surface area contributed by atoms with Crippen LogP contribution in [0.3, 0.4) is 0 Å². The summed E-state index contributed by atoms with van der Waals surface area (Å²) in [6.07, 6.45) is 2.56. The van der Waals surface area contributed by atoms with Gasteiger partial charge in [0, 0.05) is 0 Å². The number of nitrogens with two attached hydrogens (primary N) is 1. The van der Waals surface area contributed by atoms with E-state index < -0.39 is 0 Å². The van der Waals surface area contributed by atoms with Crippen molar-refractivity contribution in [2.45, 2.75) is 12.8 Å². The summed E-state index contributed by atoms with van der Waals surface area (Å²) < 4.78 is 0. The van der Waals surface area contributed by atoms with Gasteiger partial charge in [-0.15, -0.1) is 12.4 Å². The third-order valence-electron chi connectivity index (χ3n) is 2.71. The summed E-state index contributed by atoms with van der Waals surface area (Å²) in [5.41, 5.74) is 7.03. The van der Waals surface area contributed by atoms with Crippen molar-refractivity contribution in [3.8, 4) is 0 Å². The van der Waals surface area contributed by atoms with Crippen LogP contribution in [0.5, 0.6) is 0 Å². The highest BCUT2D eigenvalue weighted by atomic mass is 35.5. The molecule has 0 unspecified atom stereocenters. The van der Waals surface area contributed by atoms with Crippen LogP contribution in [0.1, 0.15) is 12.0 Å². The van der Waals surface area contributed by atoms with E-state index in [1.54, 1.807) is 0 Å². The Kier molecular flexibility index (Phi) is 3.76. The van der Waals surface area contributed by atoms with Gasteiger partial charge in [-0.3, -0.25) is 0 Å². The van der Waals surface area contributed by atoms with Gasteiger partial charge in [0.05, 0.1) is 0 Å². The number of benzene rings is 1. The van der Waals surface area contributed by atoms with Crippen LogP contribution < -0.4 is 5.73 Å². The molecule has 72 valence electrons. The standard InChI is InChI=1S/C11H15N.ClH/c12-8-11-7-10(11)6-9-4-2-1-3-5-9;/h1-5,10-11H,6-8,12H2;1H/t10-,11+;/m1./s1. The topological polar surface area (TPSA) is 26.0 Å². The van der Waals surface area contributed by atoms with Gasteiger partial charge in [-0.25, -0.2) is 0 Å². The van der Waals surface area contributed by atoms with Crippen LogP contribution in [0, 0.1) is 11.8 Å². The van der Waals surface area contributed by atoms with E-state index in [-0.39, 0.29) is 12.4 Å². The lowest BCUT2D eigenvalue weighted by atomic mass is 10.1. The van der Waals surface area contributed by atoms with Crippen LogP contribution in [0.2, 0.25) is 0 Å². The second kappa shape index (κ2) is 4.64. The zero-order valence-electron chi connectivity index (χ0n) is 7.65. The molecular weight excluding hydrogens is 182 g/mol. The van der Waals surface area contributed by atoms with Crippen molar-refractivity contribution in [3.63, 3.8) is 0 Å². The molecule has 0 aromatic heterocycles. The quantitative estimate of drug-likeness (QED) is 0.791. The Labute approximate surface area is 85.7 Å². The van der Waals surface area contributed by atoms with Gasteiger partial charge in [-0.05, 0) is 36.8 Å². The van der Waals surface area contributed by atoms with Crippen LogP contribution in [-0.4, -0.2) is 6.54 Å². The van der Waals surface area contributed by atoms with Gasteiger partial charge in [0.2, 0.25) is 0 Å². The van der Waals surface area contributed by atoms with Crippen molar-refractivity contribution in [3.05, 3.63) is 35.9 Å². The van der Waals surface area contributed by atoms with E-state index in [1.165, 1.54) is 18.4 Å². The fourth-order valence-electron chi connectivity index (χ4n) is 1.77. The molecule has 1 aliphatic carbocycles. The Morgan fingerprint density at radius 1 is 1.15 bits per heavy atom. The largest absolute Gasteiger partial charge is 0.330 e. The molecule has 1 saturated carbocycles. The molecule has 0 heterocycles. The van der Waals surface area contributed by atoms with Crippen LogP contribution in [-0.2, 0) is 6.42 Å². The molecule has 1 aliphatic rings. The molecule has 0 aliphatic heterocycles. The highest BCUT2D eigenvalue weighted by Gasteiger charge is 2.34. The molecule has 2 heteroatoms. The van der Waals surface area contributed by atoms with Crippen molar-refractivity contribution in [1.29, 1.82) is 0 Å². The van der Waals surface area contributed by atoms with Gasteiger partial charge in [-0.2, -0.15) is 0 Å². The summed E-state index contributed by atoms with van der Waals surface area (Å²) in [4.78, 5) is 0. The average Bonchev–Trinajstić information content (AvgIpc) is 2.85. The Morgan fingerprint density at radius 2 is 1.85 bits per heavy atom. The van der Waals surface area contributed by atoms with Gasteiger partial charge in [-0.1, -0.05) is 30.3 Å². The first-order valence-corrected chi connectivity index (χ1v) is 4.64. The SMILES string of the molecule is Cl.NC[C@@H]1C[C@H]1Cc1ccccc1.